The van der Waals surface area contributed by atoms with Crippen molar-refractivity contribution in [2.24, 2.45) is 0 Å². The maximum absolute atomic E-state index is 12.9. The molecule has 6 nitrogen and oxygen atoms in total. The number of rotatable bonds is 67. The van der Waals surface area contributed by atoms with E-state index in [-0.39, 0.29) is 31.1 Å². The minimum atomic E-state index is -0.767. The van der Waals surface area contributed by atoms with Gasteiger partial charge in [-0.1, -0.05) is 365 Å². The van der Waals surface area contributed by atoms with Crippen LogP contribution in [0.2, 0.25) is 0 Å². The highest BCUT2D eigenvalue weighted by atomic mass is 16.6. The normalized spacial score (nSPS) is 12.3. The molecule has 6 heteroatoms. The molecular weight excluding hydrogens is 997 g/mol. The molecule has 474 valence electrons. The van der Waals surface area contributed by atoms with Gasteiger partial charge in [0.25, 0.3) is 0 Å². The van der Waals surface area contributed by atoms with Crippen LogP contribution in [0.25, 0.3) is 0 Å². The van der Waals surface area contributed by atoms with E-state index in [1.165, 1.54) is 270 Å². The third kappa shape index (κ3) is 68.0. The van der Waals surface area contributed by atoms with Crippen molar-refractivity contribution in [2.45, 2.75) is 399 Å². The highest BCUT2D eigenvalue weighted by molar-refractivity contribution is 5.71. The van der Waals surface area contributed by atoms with Gasteiger partial charge in [-0.15, -0.1) is 0 Å². The second-order valence-electron chi connectivity index (χ2n) is 24.5. The van der Waals surface area contributed by atoms with E-state index in [9.17, 15) is 14.4 Å². The van der Waals surface area contributed by atoms with Crippen LogP contribution in [0.4, 0.5) is 0 Å². The van der Waals surface area contributed by atoms with E-state index in [0.717, 1.165) is 83.5 Å². The van der Waals surface area contributed by atoms with Crippen LogP contribution in [0.5, 0.6) is 0 Å². The molecule has 0 aliphatic rings. The Labute approximate surface area is 505 Å². The number of hydrogen-bond donors (Lipinski definition) is 0. The lowest BCUT2D eigenvalue weighted by molar-refractivity contribution is -0.167. The van der Waals surface area contributed by atoms with Crippen LogP contribution < -0.4 is 0 Å². The molecule has 0 heterocycles. The Morgan fingerprint density at radius 3 is 0.753 bits per heavy atom. The van der Waals surface area contributed by atoms with E-state index < -0.39 is 6.10 Å². The number of esters is 3. The predicted octanol–water partition coefficient (Wildman–Crippen LogP) is 24.9. The minimum Gasteiger partial charge on any atom is -0.462 e. The zero-order valence-corrected chi connectivity index (χ0v) is 54.6. The van der Waals surface area contributed by atoms with E-state index in [0.29, 0.717) is 19.3 Å². The van der Waals surface area contributed by atoms with Gasteiger partial charge in [-0.2, -0.15) is 0 Å². The van der Waals surface area contributed by atoms with Crippen LogP contribution >= 0.6 is 0 Å². The summed E-state index contributed by atoms with van der Waals surface area (Å²) in [5.74, 6) is -0.833. The summed E-state index contributed by atoms with van der Waals surface area (Å²) in [5.41, 5.74) is 0. The smallest absolute Gasteiger partial charge is 0.306 e. The van der Waals surface area contributed by atoms with Crippen molar-refractivity contribution in [3.05, 3.63) is 48.6 Å². The predicted molar refractivity (Wildman–Crippen MR) is 353 cm³/mol. The summed E-state index contributed by atoms with van der Waals surface area (Å²) in [6.07, 6.45) is 88.7. The Balaban J connectivity index is 4.10. The van der Waals surface area contributed by atoms with Gasteiger partial charge in [-0.25, -0.2) is 0 Å². The van der Waals surface area contributed by atoms with Crippen molar-refractivity contribution in [3.63, 3.8) is 0 Å². The molecular formula is C75H138O6. The minimum absolute atomic E-state index is 0.0644. The van der Waals surface area contributed by atoms with Crippen LogP contribution in [-0.2, 0) is 28.6 Å². The molecule has 0 bridgehead atoms. The topological polar surface area (TPSA) is 78.9 Å². The molecule has 0 radical (unpaired) electrons. The molecule has 0 N–H and O–H groups in total. The number of unbranched alkanes of at least 4 members (excludes halogenated alkanes) is 48. The van der Waals surface area contributed by atoms with Crippen molar-refractivity contribution in [1.82, 2.24) is 0 Å². The molecule has 1 unspecified atom stereocenters. The van der Waals surface area contributed by atoms with Crippen LogP contribution in [0, 0.1) is 0 Å². The van der Waals surface area contributed by atoms with Crippen LogP contribution in [0.15, 0.2) is 48.6 Å². The van der Waals surface area contributed by atoms with Crippen molar-refractivity contribution in [1.29, 1.82) is 0 Å². The fraction of sp³-hybridized carbons (Fsp3) is 0.853. The summed E-state index contributed by atoms with van der Waals surface area (Å²) in [5, 5.41) is 0. The van der Waals surface area contributed by atoms with E-state index >= 15 is 0 Å². The monoisotopic (exact) mass is 1140 g/mol. The first-order chi connectivity index (χ1) is 40.0. The average Bonchev–Trinajstić information content (AvgIpc) is 3.47. The first-order valence-corrected chi connectivity index (χ1v) is 36.1. The largest absolute Gasteiger partial charge is 0.462 e. The average molecular weight is 1140 g/mol. The molecule has 0 amide bonds. The summed E-state index contributed by atoms with van der Waals surface area (Å²) < 4.78 is 17.0. The molecule has 0 fully saturated rings. The van der Waals surface area contributed by atoms with Crippen molar-refractivity contribution in [2.75, 3.05) is 13.2 Å². The molecule has 0 spiro atoms. The first-order valence-electron chi connectivity index (χ1n) is 36.1. The zero-order chi connectivity index (χ0) is 58.5. The molecule has 0 aromatic carbocycles. The molecule has 0 aliphatic carbocycles. The maximum atomic E-state index is 12.9. The van der Waals surface area contributed by atoms with Crippen LogP contribution in [0.3, 0.4) is 0 Å². The van der Waals surface area contributed by atoms with Gasteiger partial charge in [0.05, 0.1) is 0 Å². The lowest BCUT2D eigenvalue weighted by Crippen LogP contribution is -2.30. The van der Waals surface area contributed by atoms with Gasteiger partial charge in [-0.05, 0) is 57.8 Å². The number of carbonyl (C=O) groups excluding carboxylic acids is 3. The van der Waals surface area contributed by atoms with E-state index in [4.69, 9.17) is 14.2 Å². The lowest BCUT2D eigenvalue weighted by Gasteiger charge is -2.18. The van der Waals surface area contributed by atoms with Crippen LogP contribution in [0.1, 0.15) is 393 Å². The molecule has 0 rings (SSSR count). The molecule has 0 aromatic heterocycles. The molecule has 0 aromatic rings. The third-order valence-corrected chi connectivity index (χ3v) is 16.3. The fourth-order valence-electron chi connectivity index (χ4n) is 11.0. The fourth-order valence-corrected chi connectivity index (χ4v) is 11.0. The van der Waals surface area contributed by atoms with Gasteiger partial charge in [0.2, 0.25) is 0 Å². The number of hydrogen-bond acceptors (Lipinski definition) is 6. The van der Waals surface area contributed by atoms with E-state index in [1.807, 2.05) is 0 Å². The highest BCUT2D eigenvalue weighted by Gasteiger charge is 2.19. The molecule has 0 saturated heterocycles. The Morgan fingerprint density at radius 1 is 0.259 bits per heavy atom. The van der Waals surface area contributed by atoms with Crippen LogP contribution in [-0.4, -0.2) is 37.2 Å². The lowest BCUT2D eigenvalue weighted by atomic mass is 10.0. The maximum Gasteiger partial charge on any atom is 0.306 e. The third-order valence-electron chi connectivity index (χ3n) is 16.3. The Kier molecular flexibility index (Phi) is 67.6. The second-order valence-corrected chi connectivity index (χ2v) is 24.5. The molecule has 1 atom stereocenters. The van der Waals surface area contributed by atoms with Crippen molar-refractivity contribution >= 4 is 17.9 Å². The Bertz CT molecular complexity index is 1400. The van der Waals surface area contributed by atoms with Gasteiger partial charge < -0.3 is 14.2 Å². The van der Waals surface area contributed by atoms with Gasteiger partial charge >= 0.3 is 17.9 Å². The summed E-state index contributed by atoms with van der Waals surface area (Å²) in [6, 6.07) is 0. The van der Waals surface area contributed by atoms with Crippen molar-refractivity contribution in [3.8, 4) is 0 Å². The number of allylic oxidation sites excluding steroid dienone is 8. The summed E-state index contributed by atoms with van der Waals surface area (Å²) in [6.45, 7) is 6.60. The highest BCUT2D eigenvalue weighted by Crippen LogP contribution is 2.19. The second kappa shape index (κ2) is 69.9. The zero-order valence-electron chi connectivity index (χ0n) is 54.6. The Morgan fingerprint density at radius 2 is 0.481 bits per heavy atom. The Hall–Kier alpha value is -2.63. The molecule has 81 heavy (non-hydrogen) atoms. The van der Waals surface area contributed by atoms with Gasteiger partial charge in [0, 0.05) is 19.3 Å². The standard InChI is InChI=1S/C75H138O6/c1-4-7-10-13-16-19-22-25-27-29-31-32-33-34-35-36-37-38-39-40-41-42-43-44-45-47-48-50-53-56-59-62-65-68-74(77)80-71-72(70-79-73(76)67-64-61-58-55-52-24-21-18-15-12-9-6-3)81-75(78)69-66-63-60-57-54-51-49-46-30-28-26-23-20-17-14-11-8-5-2/h7,10,16,19,25,27,31-32,72H,4-6,8-9,11-15,17-18,20-24,26,28-30,33-71H2,1-3H3/b10-7-,19-16-,27-25-,32-31-. The van der Waals surface area contributed by atoms with Gasteiger partial charge in [0.15, 0.2) is 6.10 Å². The van der Waals surface area contributed by atoms with E-state index in [1.54, 1.807) is 0 Å². The quantitative estimate of drug-likeness (QED) is 0.0261. The number of carbonyl (C=O) groups is 3. The SMILES string of the molecule is CC/C=C\C/C=C\C/C=C\C/C=C\CCCCCCCCCCCCCCCCCCCCCCC(=O)OCC(COC(=O)CCCCCCCCCCCCCC)OC(=O)CCCCCCCCCCCCCCCCCCCC. The van der Waals surface area contributed by atoms with E-state index in [2.05, 4.69) is 69.4 Å². The van der Waals surface area contributed by atoms with Crippen molar-refractivity contribution < 1.29 is 28.6 Å². The summed E-state index contributed by atoms with van der Waals surface area (Å²) in [7, 11) is 0. The van der Waals surface area contributed by atoms with Gasteiger partial charge in [-0.3, -0.25) is 14.4 Å². The summed E-state index contributed by atoms with van der Waals surface area (Å²) in [4.78, 5) is 38.4. The summed E-state index contributed by atoms with van der Waals surface area (Å²) >= 11 is 0. The first kappa shape index (κ1) is 78.4. The number of ether oxygens (including phenoxy) is 3. The molecule has 0 aliphatic heterocycles. The molecule has 0 saturated carbocycles. The van der Waals surface area contributed by atoms with Gasteiger partial charge in [0.1, 0.15) is 13.2 Å².